The van der Waals surface area contributed by atoms with Gasteiger partial charge < -0.3 is 4.90 Å². The lowest BCUT2D eigenvalue weighted by atomic mass is 10.1. The molecule has 0 saturated heterocycles. The summed E-state index contributed by atoms with van der Waals surface area (Å²) in [4.78, 5) is 2.10. The molecule has 2 aromatic carbocycles. The fraction of sp³-hybridized carbons (Fsp3) is 0.182. The van der Waals surface area contributed by atoms with E-state index < -0.39 is 10.0 Å². The van der Waals surface area contributed by atoms with Crippen molar-refractivity contribution in [3.05, 3.63) is 79.4 Å². The Kier molecular flexibility index (Phi) is 5.24. The normalized spacial score (nSPS) is 11.5. The van der Waals surface area contributed by atoms with E-state index in [1.54, 1.807) is 0 Å². The summed E-state index contributed by atoms with van der Waals surface area (Å²) in [5.74, 6) is 0. The van der Waals surface area contributed by atoms with E-state index in [1.165, 1.54) is 10.2 Å². The zero-order chi connectivity index (χ0) is 19.6. The molecule has 1 aromatic heterocycles. The third-order valence-corrected chi connectivity index (χ3v) is 5.52. The average molecular weight is 381 g/mol. The molecular weight excluding hydrogens is 356 g/mol. The van der Waals surface area contributed by atoms with Gasteiger partial charge in [-0.3, -0.25) is 0 Å². The van der Waals surface area contributed by atoms with Crippen LogP contribution in [0.25, 0.3) is 22.2 Å². The van der Waals surface area contributed by atoms with Gasteiger partial charge in [-0.15, -0.1) is 13.2 Å². The predicted molar refractivity (Wildman–Crippen MR) is 115 cm³/mol. The first kappa shape index (κ1) is 19.0. The first-order valence-electron chi connectivity index (χ1n) is 8.76. The van der Waals surface area contributed by atoms with Gasteiger partial charge in [-0.1, -0.05) is 60.2 Å². The maximum absolute atomic E-state index is 12.8. The zero-order valence-electron chi connectivity index (χ0n) is 15.7. The van der Waals surface area contributed by atoms with Crippen LogP contribution in [-0.2, 0) is 10.0 Å². The van der Waals surface area contributed by atoms with E-state index >= 15 is 0 Å². The number of hydrogen-bond acceptors (Lipinski definition) is 3. The number of para-hydroxylation sites is 1. The molecule has 0 N–H and O–H groups in total. The van der Waals surface area contributed by atoms with Gasteiger partial charge in [0.25, 0.3) is 0 Å². The molecule has 0 spiro atoms. The summed E-state index contributed by atoms with van der Waals surface area (Å²) in [6.45, 7) is 10.9. The van der Waals surface area contributed by atoms with Crippen LogP contribution in [0.15, 0.2) is 73.8 Å². The molecule has 0 aliphatic carbocycles. The molecule has 140 valence electrons. The molecule has 5 heteroatoms. The smallest absolute Gasteiger partial charge is 0.236 e. The van der Waals surface area contributed by atoms with Crippen molar-refractivity contribution in [1.82, 2.24) is 3.97 Å². The Morgan fingerprint density at radius 2 is 1.59 bits per heavy atom. The predicted octanol–water partition coefficient (Wildman–Crippen LogP) is 4.60. The van der Waals surface area contributed by atoms with Crippen molar-refractivity contribution in [3.63, 3.8) is 0 Å². The lowest BCUT2D eigenvalue weighted by Crippen LogP contribution is -2.24. The van der Waals surface area contributed by atoms with Crippen molar-refractivity contribution >= 4 is 26.6 Å². The fourth-order valence-electron chi connectivity index (χ4n) is 3.39. The Bertz CT molecular complexity index is 1080. The summed E-state index contributed by atoms with van der Waals surface area (Å²) in [5.41, 5.74) is 4.19. The number of nitrogens with zero attached hydrogens (tertiary/aromatic N) is 2. The Labute approximate surface area is 161 Å². The minimum absolute atomic E-state index is 0.586. The molecule has 0 amide bonds. The average Bonchev–Trinajstić information content (AvgIpc) is 2.97. The molecule has 3 aromatic rings. The highest BCUT2D eigenvalue weighted by molar-refractivity contribution is 7.89. The first-order chi connectivity index (χ1) is 12.9. The fourth-order valence-corrected chi connectivity index (χ4v) is 4.43. The van der Waals surface area contributed by atoms with Gasteiger partial charge in [0.05, 0.1) is 23.2 Å². The van der Waals surface area contributed by atoms with Crippen LogP contribution in [0.3, 0.4) is 0 Å². The number of aryl methyl sites for hydroxylation is 1. The standard InChI is InChI=1S/C22H24N2O2S/c1-5-15-23(16-6-2)22-19-9-7-8-10-20(19)24(27(4,25)26)21(22)18-13-11-17(3)12-14-18/h5-14H,1-2,15-16H2,3-4H3. The van der Waals surface area contributed by atoms with Gasteiger partial charge in [-0.05, 0) is 13.0 Å². The highest BCUT2D eigenvalue weighted by atomic mass is 32.2. The maximum atomic E-state index is 12.8. The molecule has 0 aliphatic heterocycles. The molecule has 0 bridgehead atoms. The van der Waals surface area contributed by atoms with Crippen LogP contribution in [0.4, 0.5) is 5.69 Å². The second kappa shape index (κ2) is 7.45. The number of anilines is 1. The molecule has 0 saturated carbocycles. The number of rotatable bonds is 7. The van der Waals surface area contributed by atoms with Crippen LogP contribution in [-0.4, -0.2) is 31.7 Å². The lowest BCUT2D eigenvalue weighted by Gasteiger charge is -2.23. The van der Waals surface area contributed by atoms with E-state index in [-0.39, 0.29) is 0 Å². The van der Waals surface area contributed by atoms with Gasteiger partial charge in [0.15, 0.2) is 0 Å². The van der Waals surface area contributed by atoms with Crippen molar-refractivity contribution in [1.29, 1.82) is 0 Å². The van der Waals surface area contributed by atoms with Crippen LogP contribution in [0.2, 0.25) is 0 Å². The highest BCUT2D eigenvalue weighted by Gasteiger charge is 2.26. The second-order valence-electron chi connectivity index (χ2n) is 6.59. The first-order valence-corrected chi connectivity index (χ1v) is 10.6. The Balaban J connectivity index is 2.48. The number of aromatic nitrogens is 1. The largest absolute Gasteiger partial charge is 0.362 e. The van der Waals surface area contributed by atoms with E-state index in [4.69, 9.17) is 0 Å². The van der Waals surface area contributed by atoms with Crippen molar-refractivity contribution in [2.75, 3.05) is 24.2 Å². The second-order valence-corrected chi connectivity index (χ2v) is 8.42. The molecule has 0 atom stereocenters. The summed E-state index contributed by atoms with van der Waals surface area (Å²) < 4.78 is 27.0. The van der Waals surface area contributed by atoms with E-state index in [9.17, 15) is 8.42 Å². The van der Waals surface area contributed by atoms with Crippen molar-refractivity contribution in [2.45, 2.75) is 6.92 Å². The summed E-state index contributed by atoms with van der Waals surface area (Å²) >= 11 is 0. The topological polar surface area (TPSA) is 42.3 Å². The summed E-state index contributed by atoms with van der Waals surface area (Å²) in [7, 11) is -3.52. The quantitative estimate of drug-likeness (QED) is 0.563. The van der Waals surface area contributed by atoms with E-state index in [1.807, 2.05) is 67.6 Å². The third-order valence-electron chi connectivity index (χ3n) is 4.48. The van der Waals surface area contributed by atoms with E-state index in [2.05, 4.69) is 18.1 Å². The molecule has 0 aliphatic rings. The van der Waals surface area contributed by atoms with Crippen LogP contribution in [0.1, 0.15) is 5.56 Å². The molecular formula is C22H24N2O2S. The minimum Gasteiger partial charge on any atom is -0.362 e. The van der Waals surface area contributed by atoms with Crippen LogP contribution >= 0.6 is 0 Å². The summed E-state index contributed by atoms with van der Waals surface area (Å²) in [5, 5.41) is 0.891. The van der Waals surface area contributed by atoms with E-state index in [0.29, 0.717) is 24.3 Å². The Morgan fingerprint density at radius 3 is 2.15 bits per heavy atom. The van der Waals surface area contributed by atoms with Gasteiger partial charge in [0.1, 0.15) is 0 Å². The van der Waals surface area contributed by atoms with Crippen molar-refractivity contribution in [2.24, 2.45) is 0 Å². The Hall–Kier alpha value is -2.79. The number of hydrogen-bond donors (Lipinski definition) is 0. The number of benzene rings is 2. The van der Waals surface area contributed by atoms with Crippen LogP contribution in [0.5, 0.6) is 0 Å². The van der Waals surface area contributed by atoms with Gasteiger partial charge in [0, 0.05) is 24.0 Å². The Morgan fingerprint density at radius 1 is 1.00 bits per heavy atom. The van der Waals surface area contributed by atoms with Crippen LogP contribution in [0, 0.1) is 6.92 Å². The van der Waals surface area contributed by atoms with Crippen molar-refractivity contribution in [3.8, 4) is 11.3 Å². The summed E-state index contributed by atoms with van der Waals surface area (Å²) in [6, 6.07) is 15.5. The number of fused-ring (bicyclic) bond motifs is 1. The molecule has 27 heavy (non-hydrogen) atoms. The summed E-state index contributed by atoms with van der Waals surface area (Å²) in [6.07, 6.45) is 4.87. The van der Waals surface area contributed by atoms with Gasteiger partial charge in [-0.25, -0.2) is 12.4 Å². The van der Waals surface area contributed by atoms with Gasteiger partial charge in [-0.2, -0.15) is 0 Å². The molecule has 0 fully saturated rings. The van der Waals surface area contributed by atoms with Crippen LogP contribution < -0.4 is 4.90 Å². The molecule has 0 radical (unpaired) electrons. The maximum Gasteiger partial charge on any atom is 0.236 e. The highest BCUT2D eigenvalue weighted by Crippen LogP contribution is 2.41. The monoisotopic (exact) mass is 380 g/mol. The molecule has 4 nitrogen and oxygen atoms in total. The van der Waals surface area contributed by atoms with Crippen molar-refractivity contribution < 1.29 is 8.42 Å². The third kappa shape index (κ3) is 3.55. The van der Waals surface area contributed by atoms with Gasteiger partial charge >= 0.3 is 0 Å². The zero-order valence-corrected chi connectivity index (χ0v) is 16.5. The minimum atomic E-state index is -3.52. The molecule has 3 rings (SSSR count). The molecule has 0 unspecified atom stereocenters. The van der Waals surface area contributed by atoms with E-state index in [0.717, 1.165) is 22.2 Å². The van der Waals surface area contributed by atoms with Gasteiger partial charge in [0.2, 0.25) is 10.0 Å². The lowest BCUT2D eigenvalue weighted by molar-refractivity contribution is 0.595. The SMILES string of the molecule is C=CCN(CC=C)c1c(-c2ccc(C)cc2)n(S(C)(=O)=O)c2ccccc12. The molecule has 1 heterocycles.